The highest BCUT2D eigenvalue weighted by atomic mass is 79.9. The summed E-state index contributed by atoms with van der Waals surface area (Å²) in [5.41, 5.74) is 1.86. The van der Waals surface area contributed by atoms with Gasteiger partial charge in [0.1, 0.15) is 0 Å². The molecule has 0 aliphatic heterocycles. The summed E-state index contributed by atoms with van der Waals surface area (Å²) in [7, 11) is 1.32. The minimum atomic E-state index is -0.423. The van der Waals surface area contributed by atoms with Crippen LogP contribution in [0.25, 0.3) is 0 Å². The number of methoxy groups -OCH3 is 1. The second-order valence-corrected chi connectivity index (χ2v) is 3.88. The Morgan fingerprint density at radius 2 is 1.88 bits per heavy atom. The van der Waals surface area contributed by atoms with Gasteiger partial charge in [0, 0.05) is 17.3 Å². The first-order valence-electron chi connectivity index (χ1n) is 4.93. The summed E-state index contributed by atoms with van der Waals surface area (Å²) in [6.07, 6.45) is 0.423. The van der Waals surface area contributed by atoms with E-state index in [4.69, 9.17) is 0 Å². The lowest BCUT2D eigenvalue weighted by Crippen LogP contribution is -2.05. The zero-order valence-corrected chi connectivity index (χ0v) is 10.8. The molecule has 0 saturated heterocycles. The molecule has 0 amide bonds. The largest absolute Gasteiger partial charge is 0.465 e. The highest BCUT2D eigenvalue weighted by Crippen LogP contribution is 2.15. The van der Waals surface area contributed by atoms with Gasteiger partial charge in [0.15, 0.2) is 5.78 Å². The first kappa shape index (κ1) is 12.9. The van der Waals surface area contributed by atoms with E-state index in [-0.39, 0.29) is 5.78 Å². The second kappa shape index (κ2) is 5.80. The number of ketones is 1. The Hall–Kier alpha value is -1.16. The van der Waals surface area contributed by atoms with Crippen LogP contribution >= 0.6 is 15.9 Å². The van der Waals surface area contributed by atoms with Crippen LogP contribution in [0.3, 0.4) is 0 Å². The molecule has 0 aromatic heterocycles. The number of benzene rings is 1. The van der Waals surface area contributed by atoms with Crippen molar-refractivity contribution in [3.63, 3.8) is 0 Å². The van der Waals surface area contributed by atoms with E-state index in [0.717, 1.165) is 5.56 Å². The van der Waals surface area contributed by atoms with Gasteiger partial charge in [-0.05, 0) is 23.8 Å². The van der Waals surface area contributed by atoms with Gasteiger partial charge < -0.3 is 4.74 Å². The fraction of sp³-hybridized carbons (Fsp3) is 0.333. The number of hydrogen-bond donors (Lipinski definition) is 0. The molecule has 4 heteroatoms. The van der Waals surface area contributed by atoms with Gasteiger partial charge in [0.05, 0.1) is 12.7 Å². The van der Waals surface area contributed by atoms with Crippen molar-refractivity contribution in [2.75, 3.05) is 7.11 Å². The molecule has 3 nitrogen and oxygen atoms in total. The maximum Gasteiger partial charge on any atom is 0.337 e. The fourth-order valence-electron chi connectivity index (χ4n) is 1.37. The van der Waals surface area contributed by atoms with Gasteiger partial charge >= 0.3 is 5.97 Å². The number of Topliss-reactive ketones (excluding diaryl/α,β-unsaturated/α-hetero) is 1. The van der Waals surface area contributed by atoms with E-state index in [9.17, 15) is 9.59 Å². The third kappa shape index (κ3) is 2.92. The van der Waals surface area contributed by atoms with Gasteiger partial charge in [-0.2, -0.15) is 0 Å². The van der Waals surface area contributed by atoms with Crippen molar-refractivity contribution in [1.29, 1.82) is 0 Å². The Labute approximate surface area is 103 Å². The van der Waals surface area contributed by atoms with Crippen molar-refractivity contribution in [3.8, 4) is 0 Å². The summed E-state index contributed by atoms with van der Waals surface area (Å²) in [6, 6.07) is 5.07. The molecule has 0 aliphatic carbocycles. The van der Waals surface area contributed by atoms with E-state index >= 15 is 0 Å². The topological polar surface area (TPSA) is 43.4 Å². The molecule has 0 fully saturated rings. The van der Waals surface area contributed by atoms with E-state index in [2.05, 4.69) is 20.7 Å². The molecule has 0 bridgehead atoms. The minimum absolute atomic E-state index is 0.0213. The third-order valence-electron chi connectivity index (χ3n) is 2.21. The average Bonchev–Trinajstić information content (AvgIpc) is 2.35. The fourth-order valence-corrected chi connectivity index (χ4v) is 1.69. The highest BCUT2D eigenvalue weighted by molar-refractivity contribution is 9.08. The Balaban J connectivity index is 3.20. The number of carbonyl (C=O) groups is 2. The van der Waals surface area contributed by atoms with Crippen LogP contribution in [0, 0.1) is 0 Å². The maximum atomic E-state index is 11.6. The van der Waals surface area contributed by atoms with Crippen LogP contribution in [-0.4, -0.2) is 18.9 Å². The summed E-state index contributed by atoms with van der Waals surface area (Å²) in [6.45, 7) is 1.79. The zero-order chi connectivity index (χ0) is 12.1. The molecular formula is C12H13BrO3. The van der Waals surface area contributed by atoms with Crippen LogP contribution in [0.4, 0.5) is 0 Å². The number of ether oxygens (including phenoxy) is 1. The smallest absolute Gasteiger partial charge is 0.337 e. The average molecular weight is 285 g/mol. The molecule has 0 heterocycles. The Morgan fingerprint density at radius 1 is 1.25 bits per heavy atom. The second-order valence-electron chi connectivity index (χ2n) is 3.32. The summed E-state index contributed by atoms with van der Waals surface area (Å²) >= 11 is 3.30. The van der Waals surface area contributed by atoms with Crippen LogP contribution in [0.1, 0.15) is 39.6 Å². The minimum Gasteiger partial charge on any atom is -0.465 e. The number of esters is 1. The number of halogens is 1. The molecule has 1 aromatic rings. The molecule has 0 spiro atoms. The monoisotopic (exact) mass is 284 g/mol. The SMILES string of the molecule is CCC(=O)c1cc(CBr)cc(C(=O)OC)c1. The standard InChI is InChI=1S/C12H13BrO3/c1-3-11(14)9-4-8(7-13)5-10(6-9)12(15)16-2/h4-6H,3,7H2,1-2H3. The van der Waals surface area contributed by atoms with Gasteiger partial charge in [0.25, 0.3) is 0 Å². The van der Waals surface area contributed by atoms with E-state index < -0.39 is 5.97 Å². The quantitative estimate of drug-likeness (QED) is 0.485. The lowest BCUT2D eigenvalue weighted by atomic mass is 10.0. The van der Waals surface area contributed by atoms with Crippen molar-refractivity contribution < 1.29 is 14.3 Å². The summed E-state index contributed by atoms with van der Waals surface area (Å²) in [5, 5.41) is 0.599. The lowest BCUT2D eigenvalue weighted by molar-refractivity contribution is 0.0600. The van der Waals surface area contributed by atoms with E-state index in [1.165, 1.54) is 7.11 Å². The van der Waals surface area contributed by atoms with E-state index in [1.54, 1.807) is 25.1 Å². The molecule has 86 valence electrons. The van der Waals surface area contributed by atoms with Gasteiger partial charge in [-0.15, -0.1) is 0 Å². The van der Waals surface area contributed by atoms with Gasteiger partial charge in [-0.3, -0.25) is 4.79 Å². The molecule has 0 atom stereocenters. The Morgan fingerprint density at radius 3 is 2.38 bits per heavy atom. The Kier molecular flexibility index (Phi) is 4.68. The molecule has 1 aromatic carbocycles. The zero-order valence-electron chi connectivity index (χ0n) is 9.25. The molecule has 1 rings (SSSR count). The van der Waals surface area contributed by atoms with Crippen LogP contribution < -0.4 is 0 Å². The molecular weight excluding hydrogens is 272 g/mol. The van der Waals surface area contributed by atoms with Crippen molar-refractivity contribution in [2.24, 2.45) is 0 Å². The first-order chi connectivity index (χ1) is 7.62. The predicted octanol–water partition coefficient (Wildman–Crippen LogP) is 2.96. The third-order valence-corrected chi connectivity index (χ3v) is 2.86. The summed E-state index contributed by atoms with van der Waals surface area (Å²) in [4.78, 5) is 23.0. The summed E-state index contributed by atoms with van der Waals surface area (Å²) in [5.74, 6) is -0.402. The summed E-state index contributed by atoms with van der Waals surface area (Å²) < 4.78 is 4.64. The van der Waals surface area contributed by atoms with Crippen molar-refractivity contribution in [3.05, 3.63) is 34.9 Å². The number of carbonyl (C=O) groups excluding carboxylic acids is 2. The molecule has 0 aliphatic rings. The molecule has 16 heavy (non-hydrogen) atoms. The lowest BCUT2D eigenvalue weighted by Gasteiger charge is -2.05. The van der Waals surface area contributed by atoms with Crippen LogP contribution in [-0.2, 0) is 10.1 Å². The van der Waals surface area contributed by atoms with E-state index in [0.29, 0.717) is 22.9 Å². The van der Waals surface area contributed by atoms with Gasteiger partial charge in [-0.25, -0.2) is 4.79 Å². The molecule has 0 saturated carbocycles. The molecule has 0 unspecified atom stereocenters. The molecule has 0 N–H and O–H groups in total. The van der Waals surface area contributed by atoms with Crippen molar-refractivity contribution in [2.45, 2.75) is 18.7 Å². The first-order valence-corrected chi connectivity index (χ1v) is 6.06. The van der Waals surface area contributed by atoms with E-state index in [1.807, 2.05) is 0 Å². The Bertz CT molecular complexity index is 378. The maximum absolute atomic E-state index is 11.6. The van der Waals surface area contributed by atoms with Crippen molar-refractivity contribution >= 4 is 27.7 Å². The number of rotatable bonds is 4. The number of alkyl halides is 1. The van der Waals surface area contributed by atoms with Crippen LogP contribution in [0.15, 0.2) is 18.2 Å². The normalized spacial score (nSPS) is 9.94. The van der Waals surface area contributed by atoms with Gasteiger partial charge in [-0.1, -0.05) is 22.9 Å². The van der Waals surface area contributed by atoms with Crippen molar-refractivity contribution in [1.82, 2.24) is 0 Å². The highest BCUT2D eigenvalue weighted by Gasteiger charge is 2.11. The van der Waals surface area contributed by atoms with Gasteiger partial charge in [0.2, 0.25) is 0 Å². The van der Waals surface area contributed by atoms with Crippen LogP contribution in [0.2, 0.25) is 0 Å². The van der Waals surface area contributed by atoms with Crippen LogP contribution in [0.5, 0.6) is 0 Å². The predicted molar refractivity (Wildman–Crippen MR) is 65.0 cm³/mol. The molecule has 0 radical (unpaired) electrons. The number of hydrogen-bond acceptors (Lipinski definition) is 3.